The summed E-state index contributed by atoms with van der Waals surface area (Å²) in [4.78, 5) is 10.5. The van der Waals surface area contributed by atoms with Crippen molar-refractivity contribution in [1.82, 2.24) is 19.4 Å². The van der Waals surface area contributed by atoms with Crippen LogP contribution in [0.1, 0.15) is 30.1 Å². The Hall–Kier alpha value is -1.98. The molecule has 1 saturated heterocycles. The smallest absolute Gasteiger partial charge is 0.179 e. The zero-order valence-corrected chi connectivity index (χ0v) is 14.7. The normalized spacial score (nSPS) is 16.7. The fraction of sp³-hybridized carbons (Fsp3) is 0.368. The number of hydrogen-bond acceptors (Lipinski definition) is 3. The summed E-state index contributed by atoms with van der Waals surface area (Å²) in [6, 6.07) is 15.2. The van der Waals surface area contributed by atoms with Crippen LogP contribution in [0, 0.1) is 11.7 Å². The van der Waals surface area contributed by atoms with Gasteiger partial charge in [-0.25, -0.2) is 4.98 Å². The van der Waals surface area contributed by atoms with E-state index in [4.69, 9.17) is 17.2 Å². The standard InChI is InChI=1S/C19H22N4S/c1-14-7-8-17-18(20-14)23(19(24)21-17)16-9-11-22(12-10-16)13-15-5-3-2-4-6-15/h2-8,16H,9-13H2,1H3,(H,21,24). The molecule has 2 aromatic heterocycles. The summed E-state index contributed by atoms with van der Waals surface area (Å²) in [6.07, 6.45) is 2.23. The van der Waals surface area contributed by atoms with Crippen LogP contribution in [0.4, 0.5) is 0 Å². The Morgan fingerprint density at radius 2 is 1.88 bits per heavy atom. The van der Waals surface area contributed by atoms with Crippen LogP contribution in [-0.2, 0) is 6.54 Å². The quantitative estimate of drug-likeness (QED) is 0.726. The first-order chi connectivity index (χ1) is 11.7. The first kappa shape index (κ1) is 15.5. The van der Waals surface area contributed by atoms with E-state index in [-0.39, 0.29) is 0 Å². The number of H-pyrrole nitrogens is 1. The molecule has 0 amide bonds. The highest BCUT2D eigenvalue weighted by molar-refractivity contribution is 7.71. The molecule has 0 spiro atoms. The van der Waals surface area contributed by atoms with Gasteiger partial charge in [0.2, 0.25) is 0 Å². The van der Waals surface area contributed by atoms with Gasteiger partial charge in [-0.15, -0.1) is 0 Å². The minimum absolute atomic E-state index is 0.438. The van der Waals surface area contributed by atoms with E-state index in [0.29, 0.717) is 6.04 Å². The molecule has 4 nitrogen and oxygen atoms in total. The third kappa shape index (κ3) is 3.01. The molecule has 1 aromatic carbocycles. The predicted octanol–water partition coefficient (Wildman–Crippen LogP) is 4.24. The molecule has 4 rings (SSSR count). The van der Waals surface area contributed by atoms with Gasteiger partial charge in [0.15, 0.2) is 10.4 Å². The molecule has 0 bridgehead atoms. The van der Waals surface area contributed by atoms with E-state index in [1.54, 1.807) is 0 Å². The second-order valence-electron chi connectivity index (χ2n) is 6.62. The van der Waals surface area contributed by atoms with Crippen molar-refractivity contribution < 1.29 is 0 Å². The zero-order valence-electron chi connectivity index (χ0n) is 13.9. The number of aryl methyl sites for hydroxylation is 1. The summed E-state index contributed by atoms with van der Waals surface area (Å²) in [7, 11) is 0. The van der Waals surface area contributed by atoms with Crippen molar-refractivity contribution in [2.45, 2.75) is 32.4 Å². The Morgan fingerprint density at radius 1 is 1.12 bits per heavy atom. The molecular weight excluding hydrogens is 316 g/mol. The highest BCUT2D eigenvalue weighted by Crippen LogP contribution is 2.27. The van der Waals surface area contributed by atoms with Crippen molar-refractivity contribution in [3.05, 3.63) is 58.5 Å². The number of nitrogens with one attached hydrogen (secondary N) is 1. The first-order valence-corrected chi connectivity index (χ1v) is 8.96. The molecule has 24 heavy (non-hydrogen) atoms. The van der Waals surface area contributed by atoms with Gasteiger partial charge in [-0.2, -0.15) is 0 Å². The second-order valence-corrected chi connectivity index (χ2v) is 7.00. The number of likely N-dealkylation sites (tertiary alicyclic amines) is 1. The number of hydrogen-bond donors (Lipinski definition) is 1. The van der Waals surface area contributed by atoms with Crippen LogP contribution in [0.3, 0.4) is 0 Å². The largest absolute Gasteiger partial charge is 0.329 e. The van der Waals surface area contributed by atoms with Gasteiger partial charge in [0, 0.05) is 31.4 Å². The summed E-state index contributed by atoms with van der Waals surface area (Å²) in [5, 5.41) is 0. The zero-order chi connectivity index (χ0) is 16.5. The lowest BCUT2D eigenvalue weighted by Crippen LogP contribution is -2.34. The number of pyridine rings is 1. The maximum atomic E-state index is 5.57. The van der Waals surface area contributed by atoms with Crippen LogP contribution in [0.25, 0.3) is 11.2 Å². The summed E-state index contributed by atoms with van der Waals surface area (Å²) in [5.41, 5.74) is 4.46. The van der Waals surface area contributed by atoms with Crippen LogP contribution in [0.5, 0.6) is 0 Å². The molecule has 3 aromatic rings. The van der Waals surface area contributed by atoms with E-state index in [2.05, 4.69) is 50.8 Å². The van der Waals surface area contributed by atoms with Gasteiger partial charge in [-0.05, 0) is 49.7 Å². The maximum absolute atomic E-state index is 5.57. The third-order valence-corrected chi connectivity index (χ3v) is 5.17. The molecule has 0 atom stereocenters. The third-order valence-electron chi connectivity index (χ3n) is 4.87. The fourth-order valence-electron chi connectivity index (χ4n) is 3.61. The molecular formula is C19H22N4S. The number of rotatable bonds is 3. The van der Waals surface area contributed by atoms with Crippen molar-refractivity contribution in [3.8, 4) is 0 Å². The minimum atomic E-state index is 0.438. The molecule has 5 heteroatoms. The number of piperidine rings is 1. The molecule has 1 aliphatic rings. The van der Waals surface area contributed by atoms with Crippen LogP contribution < -0.4 is 0 Å². The van der Waals surface area contributed by atoms with Crippen LogP contribution in [0.15, 0.2) is 42.5 Å². The Bertz CT molecular complexity index is 889. The SMILES string of the molecule is Cc1ccc2[nH]c(=S)n(C3CCN(Cc4ccccc4)CC3)c2n1. The lowest BCUT2D eigenvalue weighted by Gasteiger charge is -2.32. The van der Waals surface area contributed by atoms with Crippen LogP contribution >= 0.6 is 12.2 Å². The molecule has 124 valence electrons. The number of aromatic nitrogens is 3. The van der Waals surface area contributed by atoms with Crippen molar-refractivity contribution >= 4 is 23.4 Å². The average molecular weight is 338 g/mol. The van der Waals surface area contributed by atoms with Gasteiger partial charge < -0.3 is 4.98 Å². The molecule has 1 N–H and O–H groups in total. The summed E-state index contributed by atoms with van der Waals surface area (Å²) < 4.78 is 3.03. The molecule has 0 aliphatic carbocycles. The number of nitrogens with zero attached hydrogens (tertiary/aromatic N) is 3. The van der Waals surface area contributed by atoms with Gasteiger partial charge in [0.05, 0.1) is 5.52 Å². The van der Waals surface area contributed by atoms with Crippen molar-refractivity contribution in [3.63, 3.8) is 0 Å². The van der Waals surface area contributed by atoms with Crippen molar-refractivity contribution in [1.29, 1.82) is 0 Å². The molecule has 3 heterocycles. The van der Waals surface area contributed by atoms with E-state index in [1.165, 1.54) is 5.56 Å². The van der Waals surface area contributed by atoms with Crippen LogP contribution in [-0.4, -0.2) is 32.5 Å². The summed E-state index contributed by atoms with van der Waals surface area (Å²) >= 11 is 5.57. The van der Waals surface area contributed by atoms with Crippen LogP contribution in [0.2, 0.25) is 0 Å². The number of benzene rings is 1. The summed E-state index contributed by atoms with van der Waals surface area (Å²) in [6.45, 7) is 5.26. The summed E-state index contributed by atoms with van der Waals surface area (Å²) in [5.74, 6) is 0. The monoisotopic (exact) mass is 338 g/mol. The Balaban J connectivity index is 1.51. The molecule has 0 radical (unpaired) electrons. The minimum Gasteiger partial charge on any atom is -0.329 e. The van der Waals surface area contributed by atoms with Gasteiger partial charge in [0.25, 0.3) is 0 Å². The van der Waals surface area contributed by atoms with Crippen molar-refractivity contribution in [2.24, 2.45) is 0 Å². The lowest BCUT2D eigenvalue weighted by atomic mass is 10.0. The number of fused-ring (bicyclic) bond motifs is 1. The molecule has 1 fully saturated rings. The Labute approximate surface area is 147 Å². The Kier molecular flexibility index (Phi) is 4.21. The number of aromatic amines is 1. The maximum Gasteiger partial charge on any atom is 0.179 e. The van der Waals surface area contributed by atoms with Gasteiger partial charge in [-0.3, -0.25) is 9.47 Å². The predicted molar refractivity (Wildman–Crippen MR) is 99.6 cm³/mol. The van der Waals surface area contributed by atoms with Gasteiger partial charge in [0.1, 0.15) is 0 Å². The topological polar surface area (TPSA) is 36.9 Å². The van der Waals surface area contributed by atoms with E-state index < -0.39 is 0 Å². The highest BCUT2D eigenvalue weighted by atomic mass is 32.1. The van der Waals surface area contributed by atoms with Crippen molar-refractivity contribution in [2.75, 3.05) is 13.1 Å². The lowest BCUT2D eigenvalue weighted by molar-refractivity contribution is 0.180. The molecule has 0 saturated carbocycles. The molecule has 1 aliphatic heterocycles. The van der Waals surface area contributed by atoms with E-state index in [0.717, 1.165) is 54.1 Å². The van der Waals surface area contributed by atoms with Gasteiger partial charge in [-0.1, -0.05) is 30.3 Å². The van der Waals surface area contributed by atoms with E-state index >= 15 is 0 Å². The second kappa shape index (κ2) is 6.49. The Morgan fingerprint density at radius 3 is 2.62 bits per heavy atom. The fourth-order valence-corrected chi connectivity index (χ4v) is 3.96. The number of imidazole rings is 1. The highest BCUT2D eigenvalue weighted by Gasteiger charge is 2.23. The van der Waals surface area contributed by atoms with Gasteiger partial charge >= 0.3 is 0 Å². The first-order valence-electron chi connectivity index (χ1n) is 8.55. The average Bonchev–Trinajstić information content (AvgIpc) is 2.92. The van der Waals surface area contributed by atoms with E-state index in [9.17, 15) is 0 Å². The van der Waals surface area contributed by atoms with E-state index in [1.807, 2.05) is 13.0 Å². The molecule has 0 unspecified atom stereocenters.